The Morgan fingerprint density at radius 2 is 1.75 bits per heavy atom. The molecule has 140 valence electrons. The van der Waals surface area contributed by atoms with Gasteiger partial charge in [0.25, 0.3) is 0 Å². The Labute approximate surface area is 161 Å². The molecule has 0 aliphatic rings. The van der Waals surface area contributed by atoms with E-state index in [0.717, 1.165) is 28.1 Å². The number of amides is 2. The van der Waals surface area contributed by atoms with E-state index >= 15 is 0 Å². The molecule has 0 atom stereocenters. The highest BCUT2D eigenvalue weighted by molar-refractivity contribution is 6.01. The fourth-order valence-electron chi connectivity index (χ4n) is 3.08. The molecule has 2 heterocycles. The number of nitrogens with zero attached hydrogens (tertiary/aromatic N) is 2. The molecule has 2 aromatic heterocycles. The number of hydrogen-bond acceptors (Lipinski definition) is 5. The molecular formula is C21H19N5O2. The molecule has 7 heteroatoms. The molecule has 0 saturated carbocycles. The SMILES string of the molecule is Cc1cccc(NC(=O)Nc2ccc(-c3cc(C)nc4noc(N)c34)cc2)c1. The monoisotopic (exact) mass is 373 g/mol. The summed E-state index contributed by atoms with van der Waals surface area (Å²) in [5.41, 5.74) is 11.5. The summed E-state index contributed by atoms with van der Waals surface area (Å²) in [4.78, 5) is 16.5. The number of anilines is 3. The highest BCUT2D eigenvalue weighted by atomic mass is 16.5. The minimum Gasteiger partial charge on any atom is -0.367 e. The van der Waals surface area contributed by atoms with Crippen LogP contribution in [0.5, 0.6) is 0 Å². The molecule has 0 bridgehead atoms. The van der Waals surface area contributed by atoms with Crippen LogP contribution in [0.25, 0.3) is 22.2 Å². The van der Waals surface area contributed by atoms with Crippen LogP contribution in [0.4, 0.5) is 22.1 Å². The predicted octanol–water partition coefficient (Wildman–Crippen LogP) is 4.73. The Morgan fingerprint density at radius 3 is 2.50 bits per heavy atom. The number of urea groups is 1. The molecular weight excluding hydrogens is 354 g/mol. The molecule has 0 spiro atoms. The van der Waals surface area contributed by atoms with Gasteiger partial charge in [-0.15, -0.1) is 0 Å². The first-order valence-electron chi connectivity index (χ1n) is 8.77. The van der Waals surface area contributed by atoms with Crippen molar-refractivity contribution in [3.05, 3.63) is 65.9 Å². The number of nitrogens with two attached hydrogens (primary N) is 1. The number of fused-ring (bicyclic) bond motifs is 1. The quantitative estimate of drug-likeness (QED) is 0.481. The largest absolute Gasteiger partial charge is 0.367 e. The molecule has 7 nitrogen and oxygen atoms in total. The normalized spacial score (nSPS) is 10.8. The van der Waals surface area contributed by atoms with Gasteiger partial charge in [-0.25, -0.2) is 9.78 Å². The average molecular weight is 373 g/mol. The van der Waals surface area contributed by atoms with Crippen molar-refractivity contribution >= 4 is 34.3 Å². The lowest BCUT2D eigenvalue weighted by Gasteiger charge is -2.09. The van der Waals surface area contributed by atoms with Gasteiger partial charge in [0.2, 0.25) is 11.5 Å². The Hall–Kier alpha value is -3.87. The molecule has 0 radical (unpaired) electrons. The van der Waals surface area contributed by atoms with Gasteiger partial charge in [0.1, 0.15) is 0 Å². The molecule has 0 saturated heterocycles. The first-order chi connectivity index (χ1) is 13.5. The van der Waals surface area contributed by atoms with Crippen molar-refractivity contribution in [2.45, 2.75) is 13.8 Å². The fourth-order valence-corrected chi connectivity index (χ4v) is 3.08. The highest BCUT2D eigenvalue weighted by Gasteiger charge is 2.14. The van der Waals surface area contributed by atoms with E-state index in [0.29, 0.717) is 16.7 Å². The van der Waals surface area contributed by atoms with Crippen LogP contribution < -0.4 is 16.4 Å². The maximum Gasteiger partial charge on any atom is 0.323 e. The predicted molar refractivity (Wildman–Crippen MR) is 110 cm³/mol. The lowest BCUT2D eigenvalue weighted by atomic mass is 10.0. The first-order valence-corrected chi connectivity index (χ1v) is 8.77. The van der Waals surface area contributed by atoms with Gasteiger partial charge >= 0.3 is 6.03 Å². The van der Waals surface area contributed by atoms with E-state index in [-0.39, 0.29) is 11.9 Å². The summed E-state index contributed by atoms with van der Waals surface area (Å²) >= 11 is 0. The zero-order valence-electron chi connectivity index (χ0n) is 15.5. The van der Waals surface area contributed by atoms with Gasteiger partial charge in [0.05, 0.1) is 5.39 Å². The molecule has 0 unspecified atom stereocenters. The van der Waals surface area contributed by atoms with E-state index in [1.807, 2.05) is 68.4 Å². The van der Waals surface area contributed by atoms with Crippen LogP contribution >= 0.6 is 0 Å². The number of nitrogens with one attached hydrogen (secondary N) is 2. The molecule has 4 rings (SSSR count). The zero-order valence-corrected chi connectivity index (χ0v) is 15.5. The van der Waals surface area contributed by atoms with Gasteiger partial charge in [-0.2, -0.15) is 0 Å². The van der Waals surface area contributed by atoms with Crippen molar-refractivity contribution in [3.8, 4) is 11.1 Å². The maximum absolute atomic E-state index is 12.2. The Balaban J connectivity index is 1.55. The molecule has 0 fully saturated rings. The van der Waals surface area contributed by atoms with E-state index in [1.54, 1.807) is 0 Å². The topological polar surface area (TPSA) is 106 Å². The summed E-state index contributed by atoms with van der Waals surface area (Å²) in [6, 6.07) is 16.7. The number of carbonyl (C=O) groups is 1. The molecule has 28 heavy (non-hydrogen) atoms. The summed E-state index contributed by atoms with van der Waals surface area (Å²) < 4.78 is 5.07. The Bertz CT molecular complexity index is 1170. The van der Waals surface area contributed by atoms with Gasteiger partial charge < -0.3 is 20.9 Å². The molecule has 4 N–H and O–H groups in total. The molecule has 2 amide bonds. The summed E-state index contributed by atoms with van der Waals surface area (Å²) in [6.07, 6.45) is 0. The number of aromatic nitrogens is 2. The second-order valence-corrected chi connectivity index (χ2v) is 6.58. The Kier molecular flexibility index (Phi) is 4.41. The van der Waals surface area contributed by atoms with Crippen LogP contribution in [0.15, 0.2) is 59.1 Å². The number of aryl methyl sites for hydroxylation is 2. The standard InChI is InChI=1S/C21H19N5O2/c1-12-4-3-5-16(10-12)25-21(27)24-15-8-6-14(7-9-15)17-11-13(2)23-20-18(17)19(22)28-26-20/h3-11H,22H2,1-2H3,(H2,24,25,27). The van der Waals surface area contributed by atoms with E-state index in [1.165, 1.54) is 0 Å². The number of hydrogen-bond donors (Lipinski definition) is 3. The summed E-state index contributed by atoms with van der Waals surface area (Å²) in [5.74, 6) is 0.234. The van der Waals surface area contributed by atoms with Crippen molar-refractivity contribution < 1.29 is 9.32 Å². The summed E-state index contributed by atoms with van der Waals surface area (Å²) in [6.45, 7) is 3.86. The van der Waals surface area contributed by atoms with Crippen LogP contribution in [-0.2, 0) is 0 Å². The van der Waals surface area contributed by atoms with Crippen molar-refractivity contribution in [2.75, 3.05) is 16.4 Å². The second-order valence-electron chi connectivity index (χ2n) is 6.58. The first kappa shape index (κ1) is 17.5. The van der Waals surface area contributed by atoms with E-state index in [9.17, 15) is 4.79 Å². The van der Waals surface area contributed by atoms with Gasteiger partial charge in [-0.3, -0.25) is 0 Å². The summed E-state index contributed by atoms with van der Waals surface area (Å²) in [5, 5.41) is 10.2. The number of benzene rings is 2. The van der Waals surface area contributed by atoms with E-state index in [4.69, 9.17) is 10.3 Å². The average Bonchev–Trinajstić information content (AvgIpc) is 3.02. The van der Waals surface area contributed by atoms with Crippen LogP contribution in [0.2, 0.25) is 0 Å². The van der Waals surface area contributed by atoms with Crippen molar-refractivity contribution in [3.63, 3.8) is 0 Å². The third-order valence-corrected chi connectivity index (χ3v) is 4.33. The third-order valence-electron chi connectivity index (χ3n) is 4.33. The molecule has 4 aromatic rings. The lowest BCUT2D eigenvalue weighted by Crippen LogP contribution is -2.19. The fraction of sp³-hybridized carbons (Fsp3) is 0.0952. The number of nitrogen functional groups attached to an aromatic ring is 1. The van der Waals surface area contributed by atoms with Gasteiger partial charge in [-0.1, -0.05) is 29.4 Å². The summed E-state index contributed by atoms with van der Waals surface area (Å²) in [7, 11) is 0. The third kappa shape index (κ3) is 3.50. The van der Waals surface area contributed by atoms with Crippen LogP contribution in [0, 0.1) is 13.8 Å². The number of carbonyl (C=O) groups excluding carboxylic acids is 1. The minimum atomic E-state index is -0.302. The highest BCUT2D eigenvalue weighted by Crippen LogP contribution is 2.32. The molecule has 2 aromatic carbocycles. The van der Waals surface area contributed by atoms with Crippen LogP contribution in [-0.4, -0.2) is 16.2 Å². The van der Waals surface area contributed by atoms with Gasteiger partial charge in [-0.05, 0) is 55.3 Å². The van der Waals surface area contributed by atoms with E-state index < -0.39 is 0 Å². The van der Waals surface area contributed by atoms with Crippen molar-refractivity contribution in [1.29, 1.82) is 0 Å². The maximum atomic E-state index is 12.2. The van der Waals surface area contributed by atoms with Gasteiger partial charge in [0, 0.05) is 22.6 Å². The van der Waals surface area contributed by atoms with Crippen molar-refractivity contribution in [1.82, 2.24) is 10.1 Å². The number of pyridine rings is 1. The molecule has 0 aliphatic heterocycles. The van der Waals surface area contributed by atoms with Crippen LogP contribution in [0.1, 0.15) is 11.3 Å². The van der Waals surface area contributed by atoms with Gasteiger partial charge in [0.15, 0.2) is 0 Å². The zero-order chi connectivity index (χ0) is 19.7. The molecule has 0 aliphatic carbocycles. The number of rotatable bonds is 3. The van der Waals surface area contributed by atoms with Crippen molar-refractivity contribution in [2.24, 2.45) is 0 Å². The van der Waals surface area contributed by atoms with E-state index in [2.05, 4.69) is 20.8 Å². The lowest BCUT2D eigenvalue weighted by molar-refractivity contribution is 0.262. The second kappa shape index (κ2) is 7.03. The Morgan fingerprint density at radius 1 is 1.00 bits per heavy atom. The van der Waals surface area contributed by atoms with Crippen LogP contribution in [0.3, 0.4) is 0 Å². The smallest absolute Gasteiger partial charge is 0.323 e. The minimum absolute atomic E-state index is 0.234.